The predicted molar refractivity (Wildman–Crippen MR) is 61.5 cm³/mol. The second kappa shape index (κ2) is 7.65. The maximum atomic E-state index is 11.6. The number of hydrogen-bond donors (Lipinski definition) is 2. The zero-order valence-corrected chi connectivity index (χ0v) is 10.2. The lowest BCUT2D eigenvalue weighted by molar-refractivity contribution is -0.123. The molecule has 0 heterocycles. The Morgan fingerprint density at radius 2 is 2.00 bits per heavy atom. The summed E-state index contributed by atoms with van der Waals surface area (Å²) in [6, 6.07) is -0.273. The molecule has 0 saturated carbocycles. The van der Waals surface area contributed by atoms with Gasteiger partial charge in [-0.05, 0) is 25.7 Å². The van der Waals surface area contributed by atoms with Crippen LogP contribution in [0.3, 0.4) is 0 Å². The van der Waals surface area contributed by atoms with Crippen LogP contribution < -0.4 is 11.1 Å². The van der Waals surface area contributed by atoms with E-state index in [-0.39, 0.29) is 11.9 Å². The minimum Gasteiger partial charge on any atom is -0.385 e. The molecule has 90 valence electrons. The lowest BCUT2D eigenvalue weighted by Gasteiger charge is -2.18. The van der Waals surface area contributed by atoms with Gasteiger partial charge in [-0.1, -0.05) is 13.8 Å². The van der Waals surface area contributed by atoms with E-state index in [4.69, 9.17) is 10.5 Å². The van der Waals surface area contributed by atoms with E-state index in [1.807, 2.05) is 6.92 Å². The fraction of sp³-hybridized carbons (Fsp3) is 0.909. The van der Waals surface area contributed by atoms with Crippen LogP contribution in [0, 0.1) is 5.92 Å². The average Bonchev–Trinajstić information content (AvgIpc) is 2.13. The van der Waals surface area contributed by atoms with Crippen LogP contribution in [0.25, 0.3) is 0 Å². The van der Waals surface area contributed by atoms with Gasteiger partial charge in [0.2, 0.25) is 5.91 Å². The van der Waals surface area contributed by atoms with Crippen molar-refractivity contribution in [1.82, 2.24) is 5.32 Å². The van der Waals surface area contributed by atoms with Gasteiger partial charge in [0.05, 0.1) is 6.04 Å². The molecule has 0 radical (unpaired) electrons. The zero-order valence-electron chi connectivity index (χ0n) is 10.2. The number of carbonyl (C=O) groups excluding carboxylic acids is 1. The molecule has 0 spiro atoms. The summed E-state index contributed by atoms with van der Waals surface area (Å²) in [5.74, 6) is 0.382. The Kier molecular flexibility index (Phi) is 7.34. The molecule has 4 nitrogen and oxygen atoms in total. The summed E-state index contributed by atoms with van der Waals surface area (Å²) in [6.07, 6.45) is 1.54. The molecule has 0 aromatic rings. The first-order valence-corrected chi connectivity index (χ1v) is 5.52. The Labute approximate surface area is 92.6 Å². The first-order valence-electron chi connectivity index (χ1n) is 5.52. The number of rotatable bonds is 7. The molecule has 0 fully saturated rings. The van der Waals surface area contributed by atoms with Crippen molar-refractivity contribution in [3.8, 4) is 0 Å². The molecule has 0 aliphatic heterocycles. The quantitative estimate of drug-likeness (QED) is 0.664. The Hall–Kier alpha value is -0.610. The molecule has 1 amide bonds. The molecule has 15 heavy (non-hydrogen) atoms. The Morgan fingerprint density at radius 3 is 2.47 bits per heavy atom. The van der Waals surface area contributed by atoms with Gasteiger partial charge in [0.1, 0.15) is 0 Å². The highest BCUT2D eigenvalue weighted by Gasteiger charge is 2.16. The number of nitrogens with one attached hydrogen (secondary N) is 1. The van der Waals surface area contributed by atoms with Crippen molar-refractivity contribution in [2.75, 3.05) is 13.7 Å². The number of amides is 1. The summed E-state index contributed by atoms with van der Waals surface area (Å²) in [5.41, 5.74) is 5.75. The smallest absolute Gasteiger partial charge is 0.237 e. The highest BCUT2D eigenvalue weighted by Crippen LogP contribution is 2.03. The summed E-state index contributed by atoms with van der Waals surface area (Å²) in [5, 5.41) is 2.88. The molecule has 0 aromatic heterocycles. The van der Waals surface area contributed by atoms with Crippen LogP contribution in [0.1, 0.15) is 33.6 Å². The van der Waals surface area contributed by atoms with Gasteiger partial charge in [-0.3, -0.25) is 4.79 Å². The molecule has 3 N–H and O–H groups in total. The van der Waals surface area contributed by atoms with Crippen molar-refractivity contribution in [3.63, 3.8) is 0 Å². The highest BCUT2D eigenvalue weighted by molar-refractivity contribution is 5.81. The molecule has 0 aliphatic carbocycles. The van der Waals surface area contributed by atoms with Gasteiger partial charge in [0.25, 0.3) is 0 Å². The van der Waals surface area contributed by atoms with Gasteiger partial charge in [0, 0.05) is 19.8 Å². The van der Waals surface area contributed by atoms with Crippen molar-refractivity contribution in [3.05, 3.63) is 0 Å². The molecule has 0 aromatic carbocycles. The van der Waals surface area contributed by atoms with Gasteiger partial charge in [-0.2, -0.15) is 0 Å². The lowest BCUT2D eigenvalue weighted by Crippen LogP contribution is -2.45. The zero-order chi connectivity index (χ0) is 11.8. The normalized spacial score (nSPS) is 15.1. The summed E-state index contributed by atoms with van der Waals surface area (Å²) in [4.78, 5) is 11.6. The molecule has 2 atom stereocenters. The average molecular weight is 216 g/mol. The molecule has 4 heteroatoms. The van der Waals surface area contributed by atoms with Crippen LogP contribution in [-0.4, -0.2) is 31.7 Å². The number of nitrogens with two attached hydrogens (primary N) is 1. The van der Waals surface area contributed by atoms with E-state index >= 15 is 0 Å². The molecule has 0 saturated heterocycles. The van der Waals surface area contributed by atoms with Gasteiger partial charge in [-0.25, -0.2) is 0 Å². The Morgan fingerprint density at radius 1 is 1.40 bits per heavy atom. The van der Waals surface area contributed by atoms with Crippen LogP contribution in [0.4, 0.5) is 0 Å². The van der Waals surface area contributed by atoms with Crippen LogP contribution in [-0.2, 0) is 9.53 Å². The van der Waals surface area contributed by atoms with Crippen LogP contribution in [0.2, 0.25) is 0 Å². The summed E-state index contributed by atoms with van der Waals surface area (Å²) in [6.45, 7) is 6.73. The molecular formula is C11H24N2O2. The van der Waals surface area contributed by atoms with E-state index in [2.05, 4.69) is 19.2 Å². The number of methoxy groups -OCH3 is 1. The number of carbonyl (C=O) groups is 1. The van der Waals surface area contributed by atoms with E-state index in [1.165, 1.54) is 0 Å². The second-order valence-corrected chi connectivity index (χ2v) is 4.43. The van der Waals surface area contributed by atoms with Crippen molar-refractivity contribution in [1.29, 1.82) is 0 Å². The van der Waals surface area contributed by atoms with E-state index in [0.717, 1.165) is 12.8 Å². The van der Waals surface area contributed by atoms with Crippen LogP contribution in [0.5, 0.6) is 0 Å². The van der Waals surface area contributed by atoms with Crippen LogP contribution in [0.15, 0.2) is 0 Å². The third-order valence-corrected chi connectivity index (χ3v) is 2.21. The fourth-order valence-corrected chi connectivity index (χ4v) is 1.33. The SMILES string of the molecule is COCCC(C)NC(=O)[C@H](N)CC(C)C. The standard InChI is InChI=1S/C11H24N2O2/c1-8(2)7-10(12)11(14)13-9(3)5-6-15-4/h8-10H,5-7,12H2,1-4H3,(H,13,14)/t9?,10-/m1/s1. The minimum absolute atomic E-state index is 0.0627. The van der Waals surface area contributed by atoms with Crippen molar-refractivity contribution in [2.24, 2.45) is 11.7 Å². The summed E-state index contributed by atoms with van der Waals surface area (Å²) >= 11 is 0. The largest absolute Gasteiger partial charge is 0.385 e. The van der Waals surface area contributed by atoms with Crippen molar-refractivity contribution >= 4 is 5.91 Å². The molecular weight excluding hydrogens is 192 g/mol. The van der Waals surface area contributed by atoms with Gasteiger partial charge in [0.15, 0.2) is 0 Å². The minimum atomic E-state index is -0.394. The second-order valence-electron chi connectivity index (χ2n) is 4.43. The van der Waals surface area contributed by atoms with Gasteiger partial charge in [-0.15, -0.1) is 0 Å². The van der Waals surface area contributed by atoms with Gasteiger partial charge >= 0.3 is 0 Å². The molecule has 0 bridgehead atoms. The maximum absolute atomic E-state index is 11.6. The van der Waals surface area contributed by atoms with Gasteiger partial charge < -0.3 is 15.8 Å². The molecule has 1 unspecified atom stereocenters. The Balaban J connectivity index is 3.80. The van der Waals surface area contributed by atoms with Crippen LogP contribution >= 0.6 is 0 Å². The van der Waals surface area contributed by atoms with Crippen molar-refractivity contribution in [2.45, 2.75) is 45.7 Å². The summed E-state index contributed by atoms with van der Waals surface area (Å²) < 4.78 is 4.94. The number of hydrogen-bond acceptors (Lipinski definition) is 3. The first kappa shape index (κ1) is 14.4. The lowest BCUT2D eigenvalue weighted by atomic mass is 10.0. The molecule has 0 aliphatic rings. The monoisotopic (exact) mass is 216 g/mol. The third kappa shape index (κ3) is 7.33. The predicted octanol–water partition coefficient (Wildman–Crippen LogP) is 0.901. The topological polar surface area (TPSA) is 64.3 Å². The van der Waals surface area contributed by atoms with E-state index in [1.54, 1.807) is 7.11 Å². The first-order chi connectivity index (χ1) is 6.97. The summed E-state index contributed by atoms with van der Waals surface area (Å²) in [7, 11) is 1.65. The third-order valence-electron chi connectivity index (χ3n) is 2.21. The fourth-order valence-electron chi connectivity index (χ4n) is 1.33. The molecule has 0 rings (SSSR count). The highest BCUT2D eigenvalue weighted by atomic mass is 16.5. The van der Waals surface area contributed by atoms with E-state index in [9.17, 15) is 4.79 Å². The number of ether oxygens (including phenoxy) is 1. The Bertz CT molecular complexity index is 183. The van der Waals surface area contributed by atoms with E-state index < -0.39 is 6.04 Å². The maximum Gasteiger partial charge on any atom is 0.237 e. The van der Waals surface area contributed by atoms with E-state index in [0.29, 0.717) is 12.5 Å². The van der Waals surface area contributed by atoms with Crippen molar-refractivity contribution < 1.29 is 9.53 Å².